The van der Waals surface area contributed by atoms with Crippen LogP contribution in [0.4, 0.5) is 0 Å². The van der Waals surface area contributed by atoms with Crippen molar-refractivity contribution in [2.75, 3.05) is 6.54 Å². The summed E-state index contributed by atoms with van der Waals surface area (Å²) in [5, 5.41) is 0. The van der Waals surface area contributed by atoms with Gasteiger partial charge < -0.3 is 0 Å². The zero-order valence-corrected chi connectivity index (χ0v) is 14.8. The predicted molar refractivity (Wildman–Crippen MR) is 96.4 cm³/mol. The van der Waals surface area contributed by atoms with E-state index in [4.69, 9.17) is 5.84 Å². The molecular weight excluding hydrogens is 256 g/mol. The quantitative estimate of drug-likeness (QED) is 0.182. The summed E-state index contributed by atoms with van der Waals surface area (Å²) < 4.78 is 0. The van der Waals surface area contributed by atoms with E-state index in [9.17, 15) is 0 Å². The van der Waals surface area contributed by atoms with Crippen LogP contribution in [0, 0.1) is 0 Å². The maximum Gasteiger partial charge on any atom is 0.00974 e. The maximum absolute atomic E-state index is 5.24. The lowest BCUT2D eigenvalue weighted by atomic mass is 10.0. The smallest absolute Gasteiger partial charge is 0.00974 e. The third-order valence-electron chi connectivity index (χ3n) is 4.42. The SMILES string of the molecule is CCCCCCCCCCCCCCCCCCCNN. The number of rotatable bonds is 18. The van der Waals surface area contributed by atoms with Gasteiger partial charge >= 0.3 is 0 Å². The molecule has 128 valence electrons. The molecule has 0 aliphatic carbocycles. The summed E-state index contributed by atoms with van der Waals surface area (Å²) in [7, 11) is 0. The van der Waals surface area contributed by atoms with E-state index in [2.05, 4.69) is 12.3 Å². The van der Waals surface area contributed by atoms with Crippen molar-refractivity contribution in [3.63, 3.8) is 0 Å². The Morgan fingerprint density at radius 1 is 0.476 bits per heavy atom. The van der Waals surface area contributed by atoms with E-state index in [-0.39, 0.29) is 0 Å². The van der Waals surface area contributed by atoms with Gasteiger partial charge in [-0.05, 0) is 6.42 Å². The van der Waals surface area contributed by atoms with Crippen LogP contribution in [0.15, 0.2) is 0 Å². The number of nitrogens with one attached hydrogen (secondary N) is 1. The van der Waals surface area contributed by atoms with Gasteiger partial charge in [0.2, 0.25) is 0 Å². The Labute approximate surface area is 134 Å². The first kappa shape index (κ1) is 20.9. The van der Waals surface area contributed by atoms with Gasteiger partial charge in [0.1, 0.15) is 0 Å². The molecule has 0 radical (unpaired) electrons. The van der Waals surface area contributed by atoms with Crippen molar-refractivity contribution in [2.45, 2.75) is 116 Å². The van der Waals surface area contributed by atoms with Crippen molar-refractivity contribution >= 4 is 0 Å². The van der Waals surface area contributed by atoms with E-state index >= 15 is 0 Å². The summed E-state index contributed by atoms with van der Waals surface area (Å²) in [6, 6.07) is 0. The average molecular weight is 299 g/mol. The minimum Gasteiger partial charge on any atom is -0.271 e. The van der Waals surface area contributed by atoms with Gasteiger partial charge in [0.25, 0.3) is 0 Å². The number of hydrogen-bond donors (Lipinski definition) is 2. The van der Waals surface area contributed by atoms with Gasteiger partial charge in [-0.2, -0.15) is 0 Å². The Morgan fingerprint density at radius 2 is 0.762 bits per heavy atom. The highest BCUT2D eigenvalue weighted by molar-refractivity contribution is 4.50. The lowest BCUT2D eigenvalue weighted by Crippen LogP contribution is -2.22. The largest absolute Gasteiger partial charge is 0.271 e. The monoisotopic (exact) mass is 298 g/mol. The molecule has 0 amide bonds. The van der Waals surface area contributed by atoms with Crippen molar-refractivity contribution in [3.05, 3.63) is 0 Å². The average Bonchev–Trinajstić information content (AvgIpc) is 2.50. The lowest BCUT2D eigenvalue weighted by molar-refractivity contribution is 0.524. The molecule has 0 aromatic carbocycles. The Kier molecular flexibility index (Phi) is 19.8. The Morgan fingerprint density at radius 3 is 1.05 bits per heavy atom. The molecule has 0 saturated heterocycles. The van der Waals surface area contributed by atoms with Crippen LogP contribution in [0.1, 0.15) is 116 Å². The first-order chi connectivity index (χ1) is 10.4. The second-order valence-corrected chi connectivity index (χ2v) is 6.61. The molecule has 0 rings (SSSR count). The summed E-state index contributed by atoms with van der Waals surface area (Å²) in [5.74, 6) is 5.24. The summed E-state index contributed by atoms with van der Waals surface area (Å²) >= 11 is 0. The van der Waals surface area contributed by atoms with E-state index in [1.807, 2.05) is 0 Å². The molecule has 0 aromatic heterocycles. The standard InChI is InChI=1S/C19H42N2/c1-2-3-4-5-6-7-8-9-10-11-12-13-14-15-16-17-18-19-21-20/h21H,2-20H2,1H3. The van der Waals surface area contributed by atoms with Gasteiger partial charge in [0.05, 0.1) is 0 Å². The molecule has 2 nitrogen and oxygen atoms in total. The molecule has 21 heavy (non-hydrogen) atoms. The molecule has 0 aliphatic rings. The second kappa shape index (κ2) is 19.9. The normalized spacial score (nSPS) is 11.1. The summed E-state index contributed by atoms with van der Waals surface area (Å²) in [6.07, 6.45) is 24.3. The van der Waals surface area contributed by atoms with Gasteiger partial charge in [-0.1, -0.05) is 110 Å². The molecule has 0 fully saturated rings. The fourth-order valence-corrected chi connectivity index (χ4v) is 2.95. The fraction of sp³-hybridized carbons (Fsp3) is 1.00. The zero-order chi connectivity index (χ0) is 15.4. The highest BCUT2D eigenvalue weighted by Gasteiger charge is 1.94. The minimum absolute atomic E-state index is 0.971. The van der Waals surface area contributed by atoms with Gasteiger partial charge in [-0.25, -0.2) is 0 Å². The molecule has 3 N–H and O–H groups in total. The van der Waals surface area contributed by atoms with Crippen LogP contribution >= 0.6 is 0 Å². The maximum atomic E-state index is 5.24. The molecule has 0 heterocycles. The second-order valence-electron chi connectivity index (χ2n) is 6.61. The summed E-state index contributed by atoms with van der Waals surface area (Å²) in [5.41, 5.74) is 2.72. The van der Waals surface area contributed by atoms with E-state index in [0.29, 0.717) is 0 Å². The highest BCUT2D eigenvalue weighted by Crippen LogP contribution is 2.13. The van der Waals surface area contributed by atoms with E-state index in [0.717, 1.165) is 6.54 Å². The first-order valence-corrected chi connectivity index (χ1v) is 9.85. The zero-order valence-electron chi connectivity index (χ0n) is 14.8. The van der Waals surface area contributed by atoms with Crippen molar-refractivity contribution < 1.29 is 0 Å². The molecule has 0 aromatic rings. The summed E-state index contributed by atoms with van der Waals surface area (Å²) in [6.45, 7) is 3.26. The first-order valence-electron chi connectivity index (χ1n) is 9.85. The van der Waals surface area contributed by atoms with Crippen LogP contribution in [0.3, 0.4) is 0 Å². The summed E-state index contributed by atoms with van der Waals surface area (Å²) in [4.78, 5) is 0. The Balaban J connectivity index is 2.90. The van der Waals surface area contributed by atoms with Gasteiger partial charge in [-0.15, -0.1) is 0 Å². The minimum atomic E-state index is 0.971. The Bertz CT molecular complexity index is 153. The van der Waals surface area contributed by atoms with Crippen LogP contribution in [0.5, 0.6) is 0 Å². The Hall–Kier alpha value is -0.0800. The van der Waals surface area contributed by atoms with Gasteiger partial charge in [-0.3, -0.25) is 11.3 Å². The highest BCUT2D eigenvalue weighted by atomic mass is 15.2. The number of hydrazine groups is 1. The molecule has 0 saturated carbocycles. The van der Waals surface area contributed by atoms with E-state index < -0.39 is 0 Å². The third kappa shape index (κ3) is 19.9. The topological polar surface area (TPSA) is 38.0 Å². The molecule has 0 bridgehead atoms. The van der Waals surface area contributed by atoms with Crippen molar-refractivity contribution in [1.82, 2.24) is 5.43 Å². The number of nitrogens with two attached hydrogens (primary N) is 1. The molecule has 0 spiro atoms. The lowest BCUT2D eigenvalue weighted by Gasteiger charge is -2.03. The third-order valence-corrected chi connectivity index (χ3v) is 4.42. The number of unbranched alkanes of at least 4 members (excludes halogenated alkanes) is 16. The number of hydrogen-bond acceptors (Lipinski definition) is 2. The molecule has 0 aliphatic heterocycles. The van der Waals surface area contributed by atoms with Crippen molar-refractivity contribution in [2.24, 2.45) is 5.84 Å². The van der Waals surface area contributed by atoms with Gasteiger partial charge in [0.15, 0.2) is 0 Å². The van der Waals surface area contributed by atoms with Crippen LogP contribution in [0.25, 0.3) is 0 Å². The van der Waals surface area contributed by atoms with Crippen LogP contribution in [-0.2, 0) is 0 Å². The molecule has 0 unspecified atom stereocenters. The van der Waals surface area contributed by atoms with Crippen LogP contribution in [-0.4, -0.2) is 6.54 Å². The van der Waals surface area contributed by atoms with Crippen molar-refractivity contribution in [3.8, 4) is 0 Å². The van der Waals surface area contributed by atoms with Crippen LogP contribution in [0.2, 0.25) is 0 Å². The predicted octanol–water partition coefficient (Wildman–Crippen LogP) is 6.10. The molecular formula is C19H42N2. The molecule has 2 heteroatoms. The fourth-order valence-electron chi connectivity index (χ4n) is 2.95. The van der Waals surface area contributed by atoms with Crippen molar-refractivity contribution in [1.29, 1.82) is 0 Å². The van der Waals surface area contributed by atoms with E-state index in [1.165, 1.54) is 109 Å². The molecule has 0 atom stereocenters. The van der Waals surface area contributed by atoms with Crippen LogP contribution < -0.4 is 11.3 Å². The van der Waals surface area contributed by atoms with E-state index in [1.54, 1.807) is 0 Å². The van der Waals surface area contributed by atoms with Gasteiger partial charge in [0, 0.05) is 6.54 Å².